The van der Waals surface area contributed by atoms with Gasteiger partial charge in [-0.3, -0.25) is 0 Å². The van der Waals surface area contributed by atoms with Crippen molar-refractivity contribution in [1.82, 2.24) is 0 Å². The van der Waals surface area contributed by atoms with Crippen molar-refractivity contribution in [2.75, 3.05) is 6.54 Å². The first-order valence-electron chi connectivity index (χ1n) is 6.05. The van der Waals surface area contributed by atoms with E-state index in [2.05, 4.69) is 23.9 Å². The van der Waals surface area contributed by atoms with Crippen molar-refractivity contribution < 1.29 is 18.3 Å². The lowest BCUT2D eigenvalue weighted by Crippen LogP contribution is -2.12. The lowest BCUT2D eigenvalue weighted by atomic mass is 10.1. The minimum Gasteiger partial charge on any atom is -0.478 e. The molecule has 0 heterocycles. The molecule has 0 saturated heterocycles. The number of hydrogen-bond donors (Lipinski definition) is 2. The van der Waals surface area contributed by atoms with E-state index in [0.717, 1.165) is 18.6 Å². The molecule has 116 valence electrons. The van der Waals surface area contributed by atoms with Gasteiger partial charge in [-0.2, -0.15) is 0 Å². The third-order valence-electron chi connectivity index (χ3n) is 2.30. The Morgan fingerprint density at radius 3 is 2.24 bits per heavy atom. The number of sulfonamides is 1. The normalized spacial score (nSPS) is 10.3. The Hall–Kier alpha value is -2.09. The van der Waals surface area contributed by atoms with Crippen LogP contribution in [0.2, 0.25) is 0 Å². The molecule has 8 nitrogen and oxygen atoms in total. The van der Waals surface area contributed by atoms with Gasteiger partial charge in [0.2, 0.25) is 10.0 Å². The predicted octanol–water partition coefficient (Wildman–Crippen LogP) is 2.38. The zero-order valence-corrected chi connectivity index (χ0v) is 12.6. The highest BCUT2D eigenvalue weighted by Crippen LogP contribution is 2.08. The lowest BCUT2D eigenvalue weighted by Gasteiger charge is -1.97. The van der Waals surface area contributed by atoms with Crippen LogP contribution in [0.5, 0.6) is 0 Å². The molecule has 0 radical (unpaired) electrons. The van der Waals surface area contributed by atoms with Crippen LogP contribution in [0.4, 0.5) is 0 Å². The second-order valence-corrected chi connectivity index (χ2v) is 6.07. The van der Waals surface area contributed by atoms with Gasteiger partial charge in [-0.15, -0.1) is 0 Å². The number of carboxylic acids is 1. The summed E-state index contributed by atoms with van der Waals surface area (Å²) in [5, 5.41) is 16.7. The van der Waals surface area contributed by atoms with Crippen LogP contribution in [0.15, 0.2) is 34.3 Å². The van der Waals surface area contributed by atoms with Crippen LogP contribution in [0, 0.1) is 5.92 Å². The van der Waals surface area contributed by atoms with Gasteiger partial charge in [0.1, 0.15) is 0 Å². The summed E-state index contributed by atoms with van der Waals surface area (Å²) in [6.07, 6.45) is 0.990. The van der Waals surface area contributed by atoms with Gasteiger partial charge in [-0.05, 0) is 42.1 Å². The van der Waals surface area contributed by atoms with Crippen LogP contribution in [0.3, 0.4) is 0 Å². The van der Waals surface area contributed by atoms with Gasteiger partial charge >= 0.3 is 5.97 Å². The molecule has 0 atom stereocenters. The molecule has 1 rings (SSSR count). The molecule has 3 N–H and O–H groups in total. The minimum absolute atomic E-state index is 0.0207. The third-order valence-corrected chi connectivity index (χ3v) is 3.23. The molecule has 0 aliphatic heterocycles. The number of rotatable bonds is 5. The fourth-order valence-corrected chi connectivity index (χ4v) is 1.66. The van der Waals surface area contributed by atoms with Gasteiger partial charge in [-0.1, -0.05) is 19.0 Å². The summed E-state index contributed by atoms with van der Waals surface area (Å²) in [6.45, 7) is 4.84. The fourth-order valence-electron chi connectivity index (χ4n) is 1.15. The number of nitrogens with zero attached hydrogens (tertiary/aromatic N) is 3. The molecule has 0 bridgehead atoms. The Morgan fingerprint density at radius 2 is 1.90 bits per heavy atom. The monoisotopic (exact) mass is 314 g/mol. The van der Waals surface area contributed by atoms with Crippen molar-refractivity contribution in [3.8, 4) is 0 Å². The fraction of sp³-hybridized carbons (Fsp3) is 0.417. The highest BCUT2D eigenvalue weighted by atomic mass is 32.2. The van der Waals surface area contributed by atoms with Crippen molar-refractivity contribution in [3.05, 3.63) is 40.3 Å². The molecule has 21 heavy (non-hydrogen) atoms. The number of primary sulfonamides is 1. The van der Waals surface area contributed by atoms with Crippen LogP contribution in [-0.2, 0) is 10.0 Å². The van der Waals surface area contributed by atoms with Crippen LogP contribution < -0.4 is 5.14 Å². The van der Waals surface area contributed by atoms with Gasteiger partial charge in [0.05, 0.1) is 10.5 Å². The van der Waals surface area contributed by atoms with Crippen LogP contribution in [0.1, 0.15) is 30.6 Å². The van der Waals surface area contributed by atoms with Gasteiger partial charge in [0, 0.05) is 11.5 Å². The summed E-state index contributed by atoms with van der Waals surface area (Å²) in [4.78, 5) is 12.9. The highest BCUT2D eigenvalue weighted by molar-refractivity contribution is 7.89. The second-order valence-electron chi connectivity index (χ2n) is 4.51. The van der Waals surface area contributed by atoms with E-state index in [-0.39, 0.29) is 10.5 Å². The van der Waals surface area contributed by atoms with Gasteiger partial charge < -0.3 is 5.11 Å². The smallest absolute Gasteiger partial charge is 0.335 e. The minimum atomic E-state index is -3.74. The molecule has 9 heteroatoms. The van der Waals surface area contributed by atoms with Crippen molar-refractivity contribution >= 4 is 16.0 Å². The summed E-state index contributed by atoms with van der Waals surface area (Å²) >= 11 is 0. The molecule has 0 unspecified atom stereocenters. The Kier molecular flexibility index (Phi) is 8.07. The summed E-state index contributed by atoms with van der Waals surface area (Å²) in [5.74, 6) is -0.471. The summed E-state index contributed by atoms with van der Waals surface area (Å²) < 4.78 is 21.5. The summed E-state index contributed by atoms with van der Waals surface area (Å²) in [7, 11) is -3.74. The average molecular weight is 314 g/mol. The number of nitrogens with two attached hydrogens (primary N) is 1. The highest BCUT2D eigenvalue weighted by Gasteiger charge is 2.08. The standard InChI is InChI=1S/C7H7NO4S.C5H11N3/c8-13(11,12)6-3-1-5(2-4-6)7(9)10;1-5(2)3-4-7-8-6/h1-4H,(H,9,10)(H2,8,11,12);5H,3-4H2,1-2H3. The molecular weight excluding hydrogens is 296 g/mol. The average Bonchev–Trinajstić information content (AvgIpc) is 2.38. The van der Waals surface area contributed by atoms with Crippen LogP contribution in [0.25, 0.3) is 10.4 Å². The zero-order chi connectivity index (χ0) is 16.5. The van der Waals surface area contributed by atoms with E-state index < -0.39 is 16.0 Å². The van der Waals surface area contributed by atoms with E-state index in [1.165, 1.54) is 12.1 Å². The largest absolute Gasteiger partial charge is 0.478 e. The quantitative estimate of drug-likeness (QED) is 0.487. The first-order chi connectivity index (χ1) is 9.68. The van der Waals surface area contributed by atoms with Crippen molar-refractivity contribution in [2.45, 2.75) is 25.2 Å². The van der Waals surface area contributed by atoms with Crippen LogP contribution in [-0.4, -0.2) is 26.0 Å². The second kappa shape index (κ2) is 8.96. The molecular formula is C12H18N4O4S. The first kappa shape index (κ1) is 18.9. The molecule has 0 aliphatic carbocycles. The van der Waals surface area contributed by atoms with E-state index in [4.69, 9.17) is 15.8 Å². The maximum Gasteiger partial charge on any atom is 0.335 e. The summed E-state index contributed by atoms with van der Waals surface area (Å²) in [6, 6.07) is 4.67. The number of azide groups is 1. The molecule has 1 aromatic carbocycles. The van der Waals surface area contributed by atoms with Gasteiger partial charge in [-0.25, -0.2) is 18.4 Å². The lowest BCUT2D eigenvalue weighted by molar-refractivity contribution is 0.0696. The number of carbonyl (C=O) groups is 1. The van der Waals surface area contributed by atoms with Crippen LogP contribution >= 0.6 is 0 Å². The number of benzene rings is 1. The van der Waals surface area contributed by atoms with E-state index in [1.807, 2.05) is 0 Å². The van der Waals surface area contributed by atoms with Crippen molar-refractivity contribution in [2.24, 2.45) is 16.2 Å². The Morgan fingerprint density at radius 1 is 1.38 bits per heavy atom. The van der Waals surface area contributed by atoms with E-state index >= 15 is 0 Å². The SMILES string of the molecule is CC(C)CCN=[N+]=[N-].NS(=O)(=O)c1ccc(C(=O)O)cc1. The number of hydrogen-bond acceptors (Lipinski definition) is 4. The van der Waals surface area contributed by atoms with Crippen molar-refractivity contribution in [1.29, 1.82) is 0 Å². The maximum absolute atomic E-state index is 10.7. The number of aromatic carboxylic acids is 1. The number of carboxylic acid groups (broad SMARTS) is 1. The predicted molar refractivity (Wildman–Crippen MR) is 78.2 cm³/mol. The summed E-state index contributed by atoms with van der Waals surface area (Å²) in [5.41, 5.74) is 7.86. The Bertz CT molecular complexity index is 605. The topological polar surface area (TPSA) is 146 Å². The van der Waals surface area contributed by atoms with Gasteiger partial charge in [0.15, 0.2) is 0 Å². The van der Waals surface area contributed by atoms with E-state index in [9.17, 15) is 13.2 Å². The van der Waals surface area contributed by atoms with E-state index in [0.29, 0.717) is 12.5 Å². The maximum atomic E-state index is 10.7. The molecule has 0 fully saturated rings. The van der Waals surface area contributed by atoms with Crippen molar-refractivity contribution in [3.63, 3.8) is 0 Å². The zero-order valence-electron chi connectivity index (χ0n) is 11.8. The Labute approximate surface area is 123 Å². The molecule has 0 saturated carbocycles. The third kappa shape index (κ3) is 8.64. The molecule has 0 aliphatic rings. The molecule has 1 aromatic rings. The molecule has 0 aromatic heterocycles. The van der Waals surface area contributed by atoms with Gasteiger partial charge in [0.25, 0.3) is 0 Å². The Balaban J connectivity index is 0.000000433. The van der Waals surface area contributed by atoms with E-state index in [1.54, 1.807) is 0 Å². The molecule has 0 amide bonds. The molecule has 0 spiro atoms. The first-order valence-corrected chi connectivity index (χ1v) is 7.60.